The first-order valence-corrected chi connectivity index (χ1v) is 7.74. The first kappa shape index (κ1) is 14.9. The minimum Gasteiger partial charge on any atom is -0.379 e. The molecule has 116 valence electrons. The van der Waals surface area contributed by atoms with Crippen LogP contribution in [0.5, 0.6) is 0 Å². The summed E-state index contributed by atoms with van der Waals surface area (Å²) >= 11 is 0. The highest BCUT2D eigenvalue weighted by molar-refractivity contribution is 5.76. The van der Waals surface area contributed by atoms with E-state index in [0.717, 1.165) is 50.8 Å². The molecule has 2 aromatic rings. The predicted molar refractivity (Wildman–Crippen MR) is 88.0 cm³/mol. The number of ether oxygens (including phenoxy) is 1. The largest absolute Gasteiger partial charge is 0.379 e. The second-order valence-electron chi connectivity index (χ2n) is 5.48. The predicted octanol–water partition coefficient (Wildman–Crippen LogP) is 2.20. The third kappa shape index (κ3) is 3.61. The number of morpholine rings is 1. The molecule has 5 heteroatoms. The topological polar surface area (TPSA) is 50.3 Å². The molecule has 2 heterocycles. The Balaban J connectivity index is 1.68. The summed E-state index contributed by atoms with van der Waals surface area (Å²) in [6.45, 7) is 7.67. The van der Waals surface area contributed by atoms with Crippen molar-refractivity contribution < 1.29 is 4.74 Å². The number of nitrogens with one attached hydrogen (secondary N) is 1. The van der Waals surface area contributed by atoms with Gasteiger partial charge in [-0.1, -0.05) is 24.3 Å². The lowest BCUT2D eigenvalue weighted by Gasteiger charge is -2.26. The molecular weight excluding hydrogens is 276 g/mol. The normalized spacial score (nSPS) is 15.7. The second-order valence-corrected chi connectivity index (χ2v) is 5.48. The molecule has 1 aliphatic heterocycles. The van der Waals surface area contributed by atoms with Crippen molar-refractivity contribution in [1.29, 1.82) is 0 Å². The quantitative estimate of drug-likeness (QED) is 0.917. The summed E-state index contributed by atoms with van der Waals surface area (Å²) in [6, 6.07) is 8.32. The summed E-state index contributed by atoms with van der Waals surface area (Å²) < 4.78 is 5.37. The number of hydrogen-bond acceptors (Lipinski definition) is 5. The number of aromatic nitrogens is 2. The van der Waals surface area contributed by atoms with Gasteiger partial charge < -0.3 is 10.1 Å². The molecule has 0 unspecified atom stereocenters. The zero-order valence-corrected chi connectivity index (χ0v) is 13.0. The van der Waals surface area contributed by atoms with Crippen molar-refractivity contribution in [3.05, 3.63) is 42.4 Å². The Morgan fingerprint density at radius 3 is 2.82 bits per heavy atom. The lowest BCUT2D eigenvalue weighted by atomic mass is 10.0. The Labute approximate surface area is 131 Å². The summed E-state index contributed by atoms with van der Waals surface area (Å²) in [4.78, 5) is 11.0. The molecule has 1 saturated heterocycles. The fraction of sp³-hybridized carbons (Fsp3) is 0.412. The van der Waals surface area contributed by atoms with Gasteiger partial charge in [-0.05, 0) is 18.1 Å². The SMILES string of the molecule is Cc1ccccc1-c1cncnc1NCCN1CCOCC1. The van der Waals surface area contributed by atoms with Gasteiger partial charge in [0, 0.05) is 37.9 Å². The molecule has 0 aliphatic carbocycles. The Morgan fingerprint density at radius 1 is 1.18 bits per heavy atom. The lowest BCUT2D eigenvalue weighted by molar-refractivity contribution is 0.0398. The molecule has 0 radical (unpaired) electrons. The van der Waals surface area contributed by atoms with Crippen molar-refractivity contribution in [1.82, 2.24) is 14.9 Å². The Morgan fingerprint density at radius 2 is 2.00 bits per heavy atom. The van der Waals surface area contributed by atoms with Crippen LogP contribution >= 0.6 is 0 Å². The van der Waals surface area contributed by atoms with E-state index in [9.17, 15) is 0 Å². The van der Waals surface area contributed by atoms with E-state index < -0.39 is 0 Å². The van der Waals surface area contributed by atoms with Gasteiger partial charge in [-0.15, -0.1) is 0 Å². The number of hydrogen-bond donors (Lipinski definition) is 1. The molecule has 1 aromatic heterocycles. The van der Waals surface area contributed by atoms with Crippen molar-refractivity contribution in [2.24, 2.45) is 0 Å². The fourth-order valence-corrected chi connectivity index (χ4v) is 2.70. The van der Waals surface area contributed by atoms with Crippen LogP contribution in [0.1, 0.15) is 5.56 Å². The Bertz CT molecular complexity index is 611. The third-order valence-corrected chi connectivity index (χ3v) is 3.97. The van der Waals surface area contributed by atoms with Crippen LogP contribution in [0, 0.1) is 6.92 Å². The van der Waals surface area contributed by atoms with E-state index in [1.54, 1.807) is 6.33 Å². The van der Waals surface area contributed by atoms with E-state index in [-0.39, 0.29) is 0 Å². The van der Waals surface area contributed by atoms with Crippen LogP contribution in [0.2, 0.25) is 0 Å². The number of benzene rings is 1. The maximum atomic E-state index is 5.37. The molecule has 1 fully saturated rings. The smallest absolute Gasteiger partial charge is 0.137 e. The molecule has 0 spiro atoms. The average Bonchev–Trinajstić information content (AvgIpc) is 2.57. The maximum absolute atomic E-state index is 5.37. The van der Waals surface area contributed by atoms with Gasteiger partial charge in [-0.3, -0.25) is 4.90 Å². The van der Waals surface area contributed by atoms with Crippen molar-refractivity contribution in [3.63, 3.8) is 0 Å². The summed E-state index contributed by atoms with van der Waals surface area (Å²) in [5.41, 5.74) is 3.47. The Kier molecular flexibility index (Phi) is 4.98. The standard InChI is InChI=1S/C17H22N4O/c1-14-4-2-3-5-15(14)16-12-18-13-20-17(16)19-6-7-21-8-10-22-11-9-21/h2-5,12-13H,6-11H2,1H3,(H,18,19,20). The van der Waals surface area contributed by atoms with E-state index in [2.05, 4.69) is 39.2 Å². The van der Waals surface area contributed by atoms with E-state index in [4.69, 9.17) is 4.74 Å². The molecule has 5 nitrogen and oxygen atoms in total. The van der Waals surface area contributed by atoms with Crippen LogP contribution in [-0.4, -0.2) is 54.3 Å². The number of aryl methyl sites for hydroxylation is 1. The van der Waals surface area contributed by atoms with Crippen LogP contribution in [0.15, 0.2) is 36.8 Å². The highest BCUT2D eigenvalue weighted by Crippen LogP contribution is 2.27. The van der Waals surface area contributed by atoms with Crippen molar-refractivity contribution in [3.8, 4) is 11.1 Å². The van der Waals surface area contributed by atoms with Crippen LogP contribution < -0.4 is 5.32 Å². The van der Waals surface area contributed by atoms with Crippen LogP contribution in [0.25, 0.3) is 11.1 Å². The molecule has 0 amide bonds. The maximum Gasteiger partial charge on any atom is 0.137 e. The second kappa shape index (κ2) is 7.33. The fourth-order valence-electron chi connectivity index (χ4n) is 2.70. The first-order valence-electron chi connectivity index (χ1n) is 7.74. The summed E-state index contributed by atoms with van der Waals surface area (Å²) in [6.07, 6.45) is 3.48. The third-order valence-electron chi connectivity index (χ3n) is 3.97. The van der Waals surface area contributed by atoms with Gasteiger partial charge in [-0.2, -0.15) is 0 Å². The average molecular weight is 298 g/mol. The van der Waals surface area contributed by atoms with Crippen LogP contribution in [0.3, 0.4) is 0 Å². The van der Waals surface area contributed by atoms with Gasteiger partial charge in [0.2, 0.25) is 0 Å². The van der Waals surface area contributed by atoms with E-state index in [1.807, 2.05) is 18.3 Å². The zero-order valence-electron chi connectivity index (χ0n) is 13.0. The number of nitrogens with zero attached hydrogens (tertiary/aromatic N) is 3. The Hall–Kier alpha value is -1.98. The molecule has 0 saturated carbocycles. The molecule has 1 aromatic carbocycles. The summed E-state index contributed by atoms with van der Waals surface area (Å²) in [5.74, 6) is 0.901. The molecule has 0 bridgehead atoms. The van der Waals surface area contributed by atoms with Crippen molar-refractivity contribution in [2.45, 2.75) is 6.92 Å². The van der Waals surface area contributed by atoms with Gasteiger partial charge in [0.1, 0.15) is 12.1 Å². The van der Waals surface area contributed by atoms with Gasteiger partial charge in [0.05, 0.1) is 13.2 Å². The van der Waals surface area contributed by atoms with Crippen LogP contribution in [0.4, 0.5) is 5.82 Å². The lowest BCUT2D eigenvalue weighted by Crippen LogP contribution is -2.39. The molecule has 1 aliphatic rings. The van der Waals surface area contributed by atoms with Gasteiger partial charge >= 0.3 is 0 Å². The minimum absolute atomic E-state index is 0.835. The van der Waals surface area contributed by atoms with E-state index in [1.165, 1.54) is 11.1 Å². The first-order chi connectivity index (χ1) is 10.8. The van der Waals surface area contributed by atoms with Crippen LogP contribution in [-0.2, 0) is 4.74 Å². The molecule has 22 heavy (non-hydrogen) atoms. The van der Waals surface area contributed by atoms with Gasteiger partial charge in [-0.25, -0.2) is 9.97 Å². The number of anilines is 1. The molecule has 0 atom stereocenters. The zero-order chi connectivity index (χ0) is 15.2. The summed E-state index contributed by atoms with van der Waals surface area (Å²) in [7, 11) is 0. The van der Waals surface area contributed by atoms with Crippen molar-refractivity contribution in [2.75, 3.05) is 44.7 Å². The number of rotatable bonds is 5. The van der Waals surface area contributed by atoms with Crippen molar-refractivity contribution >= 4 is 5.82 Å². The van der Waals surface area contributed by atoms with E-state index >= 15 is 0 Å². The van der Waals surface area contributed by atoms with E-state index in [0.29, 0.717) is 0 Å². The highest BCUT2D eigenvalue weighted by atomic mass is 16.5. The minimum atomic E-state index is 0.835. The van der Waals surface area contributed by atoms with Gasteiger partial charge in [0.25, 0.3) is 0 Å². The van der Waals surface area contributed by atoms with Gasteiger partial charge in [0.15, 0.2) is 0 Å². The summed E-state index contributed by atoms with van der Waals surface area (Å²) in [5, 5.41) is 3.45. The molecule has 3 rings (SSSR count). The molecular formula is C17H22N4O. The highest BCUT2D eigenvalue weighted by Gasteiger charge is 2.11. The molecule has 1 N–H and O–H groups in total. The monoisotopic (exact) mass is 298 g/mol.